The third kappa shape index (κ3) is 4.25. The molecule has 1 amide bonds. The largest absolute Gasteiger partial charge is 0.493 e. The summed E-state index contributed by atoms with van der Waals surface area (Å²) in [5.74, 6) is 2.12. The van der Waals surface area contributed by atoms with E-state index in [9.17, 15) is 4.79 Å². The second-order valence-electron chi connectivity index (χ2n) is 6.32. The number of hydrogen-bond donors (Lipinski definition) is 1. The monoisotopic (exact) mass is 355 g/mol. The van der Waals surface area contributed by atoms with Gasteiger partial charge in [-0.15, -0.1) is 0 Å². The Labute approximate surface area is 154 Å². The molecular formula is C20H25N3O3. The number of pyridine rings is 1. The van der Waals surface area contributed by atoms with Crippen LogP contribution in [0.1, 0.15) is 35.2 Å². The summed E-state index contributed by atoms with van der Waals surface area (Å²) >= 11 is 0. The van der Waals surface area contributed by atoms with Crippen molar-refractivity contribution in [3.8, 4) is 11.5 Å². The number of nitrogens with one attached hydrogen (secondary N) is 1. The summed E-state index contributed by atoms with van der Waals surface area (Å²) in [6.45, 7) is 2.49. The average Bonchev–Trinajstić information content (AvgIpc) is 2.72. The molecule has 0 radical (unpaired) electrons. The van der Waals surface area contributed by atoms with E-state index in [2.05, 4.69) is 15.2 Å². The van der Waals surface area contributed by atoms with Gasteiger partial charge in [0.25, 0.3) is 5.91 Å². The zero-order valence-corrected chi connectivity index (χ0v) is 15.3. The number of rotatable bonds is 6. The van der Waals surface area contributed by atoms with Crippen LogP contribution in [-0.4, -0.2) is 38.2 Å². The Morgan fingerprint density at radius 1 is 1.08 bits per heavy atom. The van der Waals surface area contributed by atoms with Crippen molar-refractivity contribution in [2.45, 2.75) is 25.8 Å². The van der Waals surface area contributed by atoms with Crippen LogP contribution in [0.3, 0.4) is 0 Å². The maximum absolute atomic E-state index is 12.4. The average molecular weight is 355 g/mol. The molecule has 0 unspecified atom stereocenters. The van der Waals surface area contributed by atoms with Gasteiger partial charge in [-0.1, -0.05) is 6.07 Å². The standard InChI is InChI=1S/C20H25N3O3/c1-25-17-8-6-15(12-18(17)26-2)13-22-20(24)16-7-9-19(21-14-16)23-10-4-3-5-11-23/h6-9,12,14H,3-5,10-11,13H2,1-2H3,(H,22,24). The minimum atomic E-state index is -0.141. The number of amides is 1. The molecule has 1 fully saturated rings. The lowest BCUT2D eigenvalue weighted by molar-refractivity contribution is 0.0950. The molecule has 0 saturated carbocycles. The highest BCUT2D eigenvalue weighted by atomic mass is 16.5. The van der Waals surface area contributed by atoms with Crippen LogP contribution >= 0.6 is 0 Å². The second-order valence-corrected chi connectivity index (χ2v) is 6.32. The fourth-order valence-electron chi connectivity index (χ4n) is 3.11. The number of hydrogen-bond acceptors (Lipinski definition) is 5. The van der Waals surface area contributed by atoms with Crippen LogP contribution < -0.4 is 19.7 Å². The van der Waals surface area contributed by atoms with E-state index >= 15 is 0 Å². The summed E-state index contributed by atoms with van der Waals surface area (Å²) in [7, 11) is 3.19. The van der Waals surface area contributed by atoms with Gasteiger partial charge in [0.15, 0.2) is 11.5 Å². The van der Waals surface area contributed by atoms with Crippen LogP contribution in [0.5, 0.6) is 11.5 Å². The first-order chi connectivity index (χ1) is 12.7. The Bertz CT molecular complexity index is 740. The van der Waals surface area contributed by atoms with Gasteiger partial charge in [-0.2, -0.15) is 0 Å². The molecule has 0 bridgehead atoms. The van der Waals surface area contributed by atoms with Gasteiger partial charge >= 0.3 is 0 Å². The first kappa shape index (κ1) is 18.0. The number of methoxy groups -OCH3 is 2. The quantitative estimate of drug-likeness (QED) is 0.863. The zero-order chi connectivity index (χ0) is 18.4. The van der Waals surface area contributed by atoms with Crippen molar-refractivity contribution in [2.24, 2.45) is 0 Å². The molecule has 1 aliphatic heterocycles. The van der Waals surface area contributed by atoms with Gasteiger partial charge in [-0.25, -0.2) is 4.98 Å². The van der Waals surface area contributed by atoms with Crippen LogP contribution in [0, 0.1) is 0 Å². The number of carbonyl (C=O) groups is 1. The summed E-state index contributed by atoms with van der Waals surface area (Å²) in [5.41, 5.74) is 1.50. The van der Waals surface area contributed by atoms with Gasteiger partial charge in [0.05, 0.1) is 19.8 Å². The number of aromatic nitrogens is 1. The van der Waals surface area contributed by atoms with Crippen LogP contribution in [0.15, 0.2) is 36.5 Å². The molecule has 2 heterocycles. The van der Waals surface area contributed by atoms with E-state index in [0.29, 0.717) is 23.6 Å². The number of nitrogens with zero attached hydrogens (tertiary/aromatic N) is 2. The van der Waals surface area contributed by atoms with Gasteiger partial charge in [-0.3, -0.25) is 4.79 Å². The first-order valence-corrected chi connectivity index (χ1v) is 8.91. The van der Waals surface area contributed by atoms with Crippen molar-refractivity contribution in [1.29, 1.82) is 0 Å². The third-order valence-electron chi connectivity index (χ3n) is 4.59. The highest BCUT2D eigenvalue weighted by Gasteiger charge is 2.13. The molecule has 0 atom stereocenters. The molecular weight excluding hydrogens is 330 g/mol. The summed E-state index contributed by atoms with van der Waals surface area (Å²) in [6, 6.07) is 9.35. The SMILES string of the molecule is COc1ccc(CNC(=O)c2ccc(N3CCCCC3)nc2)cc1OC. The number of piperidine rings is 1. The molecule has 6 heteroatoms. The molecule has 1 aromatic carbocycles. The molecule has 2 aromatic rings. The van der Waals surface area contributed by atoms with E-state index in [4.69, 9.17) is 9.47 Å². The van der Waals surface area contributed by atoms with E-state index in [-0.39, 0.29) is 5.91 Å². The first-order valence-electron chi connectivity index (χ1n) is 8.91. The van der Waals surface area contributed by atoms with Crippen LogP contribution in [-0.2, 0) is 6.54 Å². The lowest BCUT2D eigenvalue weighted by Gasteiger charge is -2.27. The van der Waals surface area contributed by atoms with Crippen molar-refractivity contribution in [3.05, 3.63) is 47.7 Å². The van der Waals surface area contributed by atoms with E-state index in [1.807, 2.05) is 30.3 Å². The predicted octanol–water partition coefficient (Wildman–Crippen LogP) is 3.02. The molecule has 3 rings (SSSR count). The molecule has 1 N–H and O–H groups in total. The van der Waals surface area contributed by atoms with Gasteiger partial charge in [0.2, 0.25) is 0 Å². The third-order valence-corrected chi connectivity index (χ3v) is 4.59. The van der Waals surface area contributed by atoms with E-state index in [1.165, 1.54) is 19.3 Å². The van der Waals surface area contributed by atoms with E-state index in [1.54, 1.807) is 20.4 Å². The van der Waals surface area contributed by atoms with E-state index < -0.39 is 0 Å². The number of anilines is 1. The predicted molar refractivity (Wildman–Crippen MR) is 101 cm³/mol. The number of benzene rings is 1. The molecule has 138 valence electrons. The number of ether oxygens (including phenoxy) is 2. The molecule has 1 aliphatic rings. The molecule has 1 aromatic heterocycles. The maximum Gasteiger partial charge on any atom is 0.253 e. The Morgan fingerprint density at radius 2 is 1.85 bits per heavy atom. The van der Waals surface area contributed by atoms with Crippen LogP contribution in [0.2, 0.25) is 0 Å². The summed E-state index contributed by atoms with van der Waals surface area (Å²) in [6.07, 6.45) is 5.34. The minimum Gasteiger partial charge on any atom is -0.493 e. The molecule has 0 aliphatic carbocycles. The molecule has 0 spiro atoms. The highest BCUT2D eigenvalue weighted by Crippen LogP contribution is 2.27. The van der Waals surface area contributed by atoms with E-state index in [0.717, 1.165) is 24.5 Å². The summed E-state index contributed by atoms with van der Waals surface area (Å²) in [5, 5.41) is 2.91. The Kier molecular flexibility index (Phi) is 5.94. The molecule has 6 nitrogen and oxygen atoms in total. The highest BCUT2D eigenvalue weighted by molar-refractivity contribution is 5.94. The smallest absolute Gasteiger partial charge is 0.253 e. The lowest BCUT2D eigenvalue weighted by Crippen LogP contribution is -2.30. The van der Waals surface area contributed by atoms with Gasteiger partial charge in [0.1, 0.15) is 5.82 Å². The summed E-state index contributed by atoms with van der Waals surface area (Å²) in [4.78, 5) is 19.1. The van der Waals surface area contributed by atoms with Crippen molar-refractivity contribution in [2.75, 3.05) is 32.2 Å². The summed E-state index contributed by atoms with van der Waals surface area (Å²) < 4.78 is 10.5. The topological polar surface area (TPSA) is 63.7 Å². The Balaban J connectivity index is 1.59. The van der Waals surface area contributed by atoms with Gasteiger partial charge in [0, 0.05) is 25.8 Å². The normalized spacial score (nSPS) is 14.0. The van der Waals surface area contributed by atoms with Crippen LogP contribution in [0.25, 0.3) is 0 Å². The van der Waals surface area contributed by atoms with Gasteiger partial charge < -0.3 is 19.7 Å². The van der Waals surface area contributed by atoms with Crippen molar-refractivity contribution >= 4 is 11.7 Å². The van der Waals surface area contributed by atoms with Crippen molar-refractivity contribution < 1.29 is 14.3 Å². The Hall–Kier alpha value is -2.76. The lowest BCUT2D eigenvalue weighted by atomic mass is 10.1. The zero-order valence-electron chi connectivity index (χ0n) is 15.3. The van der Waals surface area contributed by atoms with Crippen molar-refractivity contribution in [1.82, 2.24) is 10.3 Å². The number of carbonyl (C=O) groups excluding carboxylic acids is 1. The minimum absolute atomic E-state index is 0.141. The second kappa shape index (κ2) is 8.56. The maximum atomic E-state index is 12.4. The Morgan fingerprint density at radius 3 is 2.50 bits per heavy atom. The molecule has 1 saturated heterocycles. The fourth-order valence-corrected chi connectivity index (χ4v) is 3.11. The molecule has 26 heavy (non-hydrogen) atoms. The van der Waals surface area contributed by atoms with Gasteiger partial charge in [-0.05, 0) is 49.1 Å². The fraction of sp³-hybridized carbons (Fsp3) is 0.400. The van der Waals surface area contributed by atoms with Crippen LogP contribution in [0.4, 0.5) is 5.82 Å². The van der Waals surface area contributed by atoms with Crippen molar-refractivity contribution in [3.63, 3.8) is 0 Å².